The maximum Gasteiger partial charge on any atom is 0.205 e. The van der Waals surface area contributed by atoms with Crippen LogP contribution >= 0.6 is 8.03 Å². The maximum atomic E-state index is 10.4. The predicted molar refractivity (Wildman–Crippen MR) is 31.1 cm³/mol. The van der Waals surface area contributed by atoms with E-state index in [0.29, 0.717) is 6.61 Å². The van der Waals surface area contributed by atoms with Gasteiger partial charge in [-0.1, -0.05) is 0 Å². The Labute approximate surface area is 49.1 Å². The van der Waals surface area contributed by atoms with E-state index < -0.39 is 8.03 Å². The lowest BCUT2D eigenvalue weighted by atomic mass is 10.9. The van der Waals surface area contributed by atoms with Gasteiger partial charge < -0.3 is 4.52 Å². The third-order valence-electron chi connectivity index (χ3n) is 0.529. The maximum absolute atomic E-state index is 10.4. The summed E-state index contributed by atoms with van der Waals surface area (Å²) in [7, 11) is -2.00. The molecule has 0 N–H and O–H groups in total. The zero-order valence-electron chi connectivity index (χ0n) is 4.68. The number of rotatable bonds is 3. The molecule has 1 atom stereocenters. The molecule has 0 aromatic heterocycles. The first kappa shape index (κ1) is 7.68. The van der Waals surface area contributed by atoms with Gasteiger partial charge in [-0.25, -0.2) is 0 Å². The van der Waals surface area contributed by atoms with Crippen molar-refractivity contribution in [3.8, 4) is 6.07 Å². The molecule has 0 radical (unpaired) electrons. The predicted octanol–water partition coefficient (Wildman–Crippen LogP) is 1.02. The SMILES string of the molecule is CCO[PH](=O)CC#N. The molecule has 0 aliphatic rings. The fourth-order valence-electron chi connectivity index (χ4n) is 0.277. The van der Waals surface area contributed by atoms with Gasteiger partial charge in [0, 0.05) is 0 Å². The molecule has 0 aromatic carbocycles. The van der Waals surface area contributed by atoms with Gasteiger partial charge in [0.1, 0.15) is 6.16 Å². The summed E-state index contributed by atoms with van der Waals surface area (Å²) in [6.07, 6.45) is 0.0402. The minimum absolute atomic E-state index is 0.0402. The molecule has 0 bridgehead atoms. The second-order valence-electron chi connectivity index (χ2n) is 1.14. The third-order valence-corrected chi connectivity index (χ3v) is 1.59. The van der Waals surface area contributed by atoms with Crippen molar-refractivity contribution < 1.29 is 9.09 Å². The van der Waals surface area contributed by atoms with E-state index in [0.717, 1.165) is 0 Å². The molecule has 0 saturated carbocycles. The van der Waals surface area contributed by atoms with Gasteiger partial charge in [-0.2, -0.15) is 5.26 Å². The number of hydrogen-bond donors (Lipinski definition) is 0. The Balaban J connectivity index is 3.23. The topological polar surface area (TPSA) is 50.1 Å². The minimum atomic E-state index is -2.00. The van der Waals surface area contributed by atoms with Crippen molar-refractivity contribution in [2.75, 3.05) is 12.8 Å². The molecule has 0 amide bonds. The lowest BCUT2D eigenvalue weighted by Gasteiger charge is -1.91. The van der Waals surface area contributed by atoms with Crippen LogP contribution in [0.25, 0.3) is 0 Å². The van der Waals surface area contributed by atoms with Crippen molar-refractivity contribution in [2.24, 2.45) is 0 Å². The van der Waals surface area contributed by atoms with Crippen molar-refractivity contribution in [1.29, 1.82) is 5.26 Å². The Hall–Kier alpha value is -0.320. The van der Waals surface area contributed by atoms with Crippen molar-refractivity contribution in [2.45, 2.75) is 6.92 Å². The molecule has 8 heavy (non-hydrogen) atoms. The molecule has 0 saturated heterocycles. The molecule has 0 aromatic rings. The quantitative estimate of drug-likeness (QED) is 0.540. The first-order chi connectivity index (χ1) is 3.81. The van der Waals surface area contributed by atoms with E-state index in [1.54, 1.807) is 13.0 Å². The number of nitriles is 1. The van der Waals surface area contributed by atoms with Crippen LogP contribution in [0.4, 0.5) is 0 Å². The van der Waals surface area contributed by atoms with Gasteiger partial charge in [0.15, 0.2) is 0 Å². The molecule has 0 aliphatic heterocycles. The monoisotopic (exact) mass is 133 g/mol. The van der Waals surface area contributed by atoms with Crippen LogP contribution in [-0.4, -0.2) is 12.8 Å². The molecule has 0 spiro atoms. The molecular weight excluding hydrogens is 125 g/mol. The zero-order valence-corrected chi connectivity index (χ0v) is 5.68. The van der Waals surface area contributed by atoms with E-state index in [1.165, 1.54) is 0 Å². The van der Waals surface area contributed by atoms with Crippen LogP contribution in [0.1, 0.15) is 6.92 Å². The van der Waals surface area contributed by atoms with Gasteiger partial charge in [0.2, 0.25) is 8.03 Å². The normalized spacial score (nSPS) is 12.5. The first-order valence-electron chi connectivity index (χ1n) is 2.33. The minimum Gasteiger partial charge on any atom is -0.330 e. The first-order valence-corrected chi connectivity index (χ1v) is 3.86. The van der Waals surface area contributed by atoms with Gasteiger partial charge in [-0.3, -0.25) is 4.57 Å². The summed E-state index contributed by atoms with van der Waals surface area (Å²) >= 11 is 0. The molecule has 4 heteroatoms. The highest BCUT2D eigenvalue weighted by atomic mass is 31.1. The highest BCUT2D eigenvalue weighted by Crippen LogP contribution is 2.19. The van der Waals surface area contributed by atoms with Crippen LogP contribution in [0.2, 0.25) is 0 Å². The van der Waals surface area contributed by atoms with Crippen LogP contribution in [0.15, 0.2) is 0 Å². The van der Waals surface area contributed by atoms with E-state index in [9.17, 15) is 4.57 Å². The van der Waals surface area contributed by atoms with E-state index in [1.807, 2.05) is 0 Å². The van der Waals surface area contributed by atoms with Crippen LogP contribution in [0.5, 0.6) is 0 Å². The number of hydrogen-bond acceptors (Lipinski definition) is 3. The third kappa shape index (κ3) is 3.86. The molecule has 1 unspecified atom stereocenters. The fraction of sp³-hybridized carbons (Fsp3) is 0.750. The van der Waals surface area contributed by atoms with E-state index in [-0.39, 0.29) is 6.16 Å². The van der Waals surface area contributed by atoms with Crippen molar-refractivity contribution in [3.05, 3.63) is 0 Å². The van der Waals surface area contributed by atoms with Crippen molar-refractivity contribution in [1.82, 2.24) is 0 Å². The molecule has 46 valence electrons. The summed E-state index contributed by atoms with van der Waals surface area (Å²) in [5, 5.41) is 7.96. The second kappa shape index (κ2) is 4.83. The highest BCUT2D eigenvalue weighted by Gasteiger charge is 1.92. The van der Waals surface area contributed by atoms with Crippen molar-refractivity contribution >= 4 is 8.03 Å². The lowest BCUT2D eigenvalue weighted by Crippen LogP contribution is -1.78. The van der Waals surface area contributed by atoms with E-state index >= 15 is 0 Å². The van der Waals surface area contributed by atoms with Crippen molar-refractivity contribution in [3.63, 3.8) is 0 Å². The van der Waals surface area contributed by atoms with E-state index in [2.05, 4.69) is 4.52 Å². The standard InChI is InChI=1S/C4H8NO2P/c1-2-7-8(6)4-3-5/h8H,2,4H2,1H3. The van der Waals surface area contributed by atoms with Gasteiger partial charge in [0.05, 0.1) is 12.7 Å². The van der Waals surface area contributed by atoms with Crippen LogP contribution in [0, 0.1) is 11.3 Å². The molecule has 0 rings (SSSR count). The molecule has 3 nitrogen and oxygen atoms in total. The Bertz CT molecular complexity index is 118. The second-order valence-corrected chi connectivity index (χ2v) is 2.53. The molecule has 0 heterocycles. The molecule has 0 aliphatic carbocycles. The van der Waals surface area contributed by atoms with Gasteiger partial charge >= 0.3 is 0 Å². The summed E-state index contributed by atoms with van der Waals surface area (Å²) in [4.78, 5) is 0. The highest BCUT2D eigenvalue weighted by molar-refractivity contribution is 7.39. The van der Waals surface area contributed by atoms with Crippen LogP contribution in [0.3, 0.4) is 0 Å². The summed E-state index contributed by atoms with van der Waals surface area (Å²) in [5.74, 6) is 0. The van der Waals surface area contributed by atoms with Gasteiger partial charge in [0.25, 0.3) is 0 Å². The summed E-state index contributed by atoms with van der Waals surface area (Å²) in [5.41, 5.74) is 0. The fourth-order valence-corrected chi connectivity index (χ4v) is 0.830. The summed E-state index contributed by atoms with van der Waals surface area (Å²) in [6, 6.07) is 1.76. The molecular formula is C4H8NO2P. The summed E-state index contributed by atoms with van der Waals surface area (Å²) in [6.45, 7) is 2.18. The van der Waals surface area contributed by atoms with E-state index in [4.69, 9.17) is 5.26 Å². The zero-order chi connectivity index (χ0) is 6.41. The number of nitrogens with zero attached hydrogens (tertiary/aromatic N) is 1. The smallest absolute Gasteiger partial charge is 0.205 e. The average molecular weight is 133 g/mol. The lowest BCUT2D eigenvalue weighted by molar-refractivity contribution is 0.352. The largest absolute Gasteiger partial charge is 0.330 e. The van der Waals surface area contributed by atoms with Gasteiger partial charge in [-0.15, -0.1) is 0 Å². The van der Waals surface area contributed by atoms with Crippen LogP contribution < -0.4 is 0 Å². The van der Waals surface area contributed by atoms with Gasteiger partial charge in [-0.05, 0) is 6.92 Å². The van der Waals surface area contributed by atoms with Crippen LogP contribution in [-0.2, 0) is 9.09 Å². The Kier molecular flexibility index (Phi) is 4.64. The Morgan fingerprint density at radius 3 is 2.88 bits per heavy atom. The molecule has 0 fully saturated rings. The summed E-state index contributed by atoms with van der Waals surface area (Å²) < 4.78 is 15.0. The Morgan fingerprint density at radius 1 is 1.88 bits per heavy atom. The average Bonchev–Trinajstić information content (AvgIpc) is 1.68. The Morgan fingerprint density at radius 2 is 2.50 bits per heavy atom.